The first-order valence-electron chi connectivity index (χ1n) is 9.47. The van der Waals surface area contributed by atoms with E-state index in [9.17, 15) is 4.79 Å². The number of aliphatic hydroxyl groups is 1. The Labute approximate surface area is 141 Å². The van der Waals surface area contributed by atoms with Crippen molar-refractivity contribution >= 4 is 6.03 Å². The van der Waals surface area contributed by atoms with Crippen molar-refractivity contribution in [2.24, 2.45) is 11.8 Å². The van der Waals surface area contributed by atoms with Crippen LogP contribution in [0.1, 0.15) is 52.4 Å². The van der Waals surface area contributed by atoms with E-state index in [1.165, 1.54) is 25.7 Å². The van der Waals surface area contributed by atoms with E-state index >= 15 is 0 Å². The highest BCUT2D eigenvalue weighted by atomic mass is 16.3. The molecule has 23 heavy (non-hydrogen) atoms. The van der Waals surface area contributed by atoms with Crippen LogP contribution in [0.25, 0.3) is 0 Å². The lowest BCUT2D eigenvalue weighted by Gasteiger charge is -2.38. The molecule has 5 nitrogen and oxygen atoms in total. The highest BCUT2D eigenvalue weighted by Crippen LogP contribution is 2.24. The van der Waals surface area contributed by atoms with Crippen molar-refractivity contribution in [3.63, 3.8) is 0 Å². The molecule has 134 valence electrons. The Bertz CT molecular complexity index is 348. The molecule has 2 amide bonds. The molecule has 1 heterocycles. The van der Waals surface area contributed by atoms with Crippen LogP contribution in [0.2, 0.25) is 0 Å². The van der Waals surface area contributed by atoms with E-state index in [4.69, 9.17) is 5.11 Å². The van der Waals surface area contributed by atoms with Gasteiger partial charge in [0.05, 0.1) is 0 Å². The Hall–Kier alpha value is -0.810. The maximum Gasteiger partial charge on any atom is 0.317 e. The summed E-state index contributed by atoms with van der Waals surface area (Å²) in [5.41, 5.74) is 0. The number of amides is 2. The SMILES string of the molecule is CC(C)CC(CCO)CNC(=O)N1CCN(C2CCCC2)CC1. The molecule has 0 spiro atoms. The first kappa shape index (κ1) is 18.5. The van der Waals surface area contributed by atoms with Gasteiger partial charge in [0.1, 0.15) is 0 Å². The Kier molecular flexibility index (Phi) is 7.63. The van der Waals surface area contributed by atoms with E-state index in [-0.39, 0.29) is 12.6 Å². The molecule has 1 unspecified atom stereocenters. The molecule has 2 N–H and O–H groups in total. The first-order chi connectivity index (χ1) is 11.1. The second-order valence-corrected chi connectivity index (χ2v) is 7.66. The van der Waals surface area contributed by atoms with Gasteiger partial charge in [0.25, 0.3) is 0 Å². The maximum absolute atomic E-state index is 12.4. The smallest absolute Gasteiger partial charge is 0.317 e. The summed E-state index contributed by atoms with van der Waals surface area (Å²) in [5, 5.41) is 12.3. The molecule has 1 aliphatic carbocycles. The standard InChI is InChI=1S/C18H35N3O2/c1-15(2)13-16(7-12-22)14-19-18(23)21-10-8-20(9-11-21)17-5-3-4-6-17/h15-17,22H,3-14H2,1-2H3,(H,19,23). The molecule has 0 aromatic heterocycles. The Balaban J connectivity index is 1.69. The molecular weight excluding hydrogens is 290 g/mol. The van der Waals surface area contributed by atoms with Crippen molar-refractivity contribution in [2.45, 2.75) is 58.4 Å². The summed E-state index contributed by atoms with van der Waals surface area (Å²) in [5.74, 6) is 0.974. The van der Waals surface area contributed by atoms with Gasteiger partial charge >= 0.3 is 6.03 Å². The minimum Gasteiger partial charge on any atom is -0.396 e. The lowest BCUT2D eigenvalue weighted by Crippen LogP contribution is -2.54. The normalized spacial score (nSPS) is 21.8. The highest BCUT2D eigenvalue weighted by molar-refractivity contribution is 5.74. The zero-order valence-electron chi connectivity index (χ0n) is 15.0. The van der Waals surface area contributed by atoms with Gasteiger partial charge in [0.2, 0.25) is 0 Å². The van der Waals surface area contributed by atoms with Crippen LogP contribution in [-0.4, -0.2) is 66.3 Å². The number of nitrogens with zero attached hydrogens (tertiary/aromatic N) is 2. The van der Waals surface area contributed by atoms with Gasteiger partial charge in [0.15, 0.2) is 0 Å². The van der Waals surface area contributed by atoms with Gasteiger partial charge < -0.3 is 15.3 Å². The van der Waals surface area contributed by atoms with E-state index < -0.39 is 0 Å². The summed E-state index contributed by atoms with van der Waals surface area (Å²) in [4.78, 5) is 16.9. The number of aliphatic hydroxyl groups excluding tert-OH is 1. The zero-order chi connectivity index (χ0) is 16.7. The number of nitrogens with one attached hydrogen (secondary N) is 1. The van der Waals surface area contributed by atoms with Gasteiger partial charge in [-0.25, -0.2) is 4.79 Å². The minimum atomic E-state index is 0.0720. The molecule has 5 heteroatoms. The van der Waals surface area contributed by atoms with Crippen LogP contribution in [0.4, 0.5) is 4.79 Å². The third-order valence-electron chi connectivity index (χ3n) is 5.33. The zero-order valence-corrected chi connectivity index (χ0v) is 15.0. The van der Waals surface area contributed by atoms with Gasteiger partial charge in [-0.1, -0.05) is 26.7 Å². The fourth-order valence-electron chi connectivity index (χ4n) is 4.06. The second kappa shape index (κ2) is 9.48. The lowest BCUT2D eigenvalue weighted by molar-refractivity contribution is 0.109. The molecule has 0 bridgehead atoms. The van der Waals surface area contributed by atoms with Crippen molar-refractivity contribution < 1.29 is 9.90 Å². The number of hydrogen-bond acceptors (Lipinski definition) is 3. The highest BCUT2D eigenvalue weighted by Gasteiger charge is 2.27. The van der Waals surface area contributed by atoms with Crippen LogP contribution >= 0.6 is 0 Å². The monoisotopic (exact) mass is 325 g/mol. The number of hydrogen-bond donors (Lipinski definition) is 2. The maximum atomic E-state index is 12.4. The second-order valence-electron chi connectivity index (χ2n) is 7.66. The quantitative estimate of drug-likeness (QED) is 0.755. The van der Waals surface area contributed by atoms with Gasteiger partial charge in [-0.3, -0.25) is 4.90 Å². The van der Waals surface area contributed by atoms with Gasteiger partial charge in [0, 0.05) is 45.4 Å². The van der Waals surface area contributed by atoms with E-state index in [0.29, 0.717) is 18.4 Å². The lowest BCUT2D eigenvalue weighted by atomic mass is 9.94. The van der Waals surface area contributed by atoms with E-state index in [0.717, 1.165) is 45.1 Å². The molecule has 1 saturated carbocycles. The summed E-state index contributed by atoms with van der Waals surface area (Å²) < 4.78 is 0. The van der Waals surface area contributed by atoms with Crippen molar-refractivity contribution in [2.75, 3.05) is 39.3 Å². The predicted molar refractivity (Wildman–Crippen MR) is 93.4 cm³/mol. The van der Waals surface area contributed by atoms with Crippen LogP contribution in [-0.2, 0) is 0 Å². The molecule has 2 aliphatic rings. The van der Waals surface area contributed by atoms with Gasteiger partial charge in [-0.05, 0) is 37.5 Å². The Morgan fingerprint density at radius 1 is 1.17 bits per heavy atom. The topological polar surface area (TPSA) is 55.8 Å². The van der Waals surface area contributed by atoms with Crippen LogP contribution < -0.4 is 5.32 Å². The van der Waals surface area contributed by atoms with E-state index in [2.05, 4.69) is 24.1 Å². The Morgan fingerprint density at radius 3 is 2.39 bits per heavy atom. The average Bonchev–Trinajstić information content (AvgIpc) is 3.06. The number of piperazine rings is 1. The summed E-state index contributed by atoms with van der Waals surface area (Å²) in [6, 6.07) is 0.836. The summed E-state index contributed by atoms with van der Waals surface area (Å²) >= 11 is 0. The molecule has 2 fully saturated rings. The predicted octanol–water partition coefficient (Wildman–Crippen LogP) is 2.30. The van der Waals surface area contributed by atoms with Crippen LogP contribution in [0.5, 0.6) is 0 Å². The molecular formula is C18H35N3O2. The van der Waals surface area contributed by atoms with Crippen molar-refractivity contribution in [1.82, 2.24) is 15.1 Å². The van der Waals surface area contributed by atoms with E-state index in [1.54, 1.807) is 0 Å². The third kappa shape index (κ3) is 5.96. The summed E-state index contributed by atoms with van der Waals surface area (Å²) in [6.07, 6.45) is 7.24. The summed E-state index contributed by atoms with van der Waals surface area (Å²) in [7, 11) is 0. The number of rotatable bonds is 7. The van der Waals surface area contributed by atoms with E-state index in [1.807, 2.05) is 4.90 Å². The first-order valence-corrected chi connectivity index (χ1v) is 9.47. The number of carbonyl (C=O) groups excluding carboxylic acids is 1. The van der Waals surface area contributed by atoms with Crippen LogP contribution in [0.15, 0.2) is 0 Å². The molecule has 1 saturated heterocycles. The number of urea groups is 1. The Morgan fingerprint density at radius 2 is 1.83 bits per heavy atom. The van der Waals surface area contributed by atoms with Gasteiger partial charge in [-0.15, -0.1) is 0 Å². The molecule has 1 aliphatic heterocycles. The van der Waals surface area contributed by atoms with Crippen molar-refractivity contribution in [3.05, 3.63) is 0 Å². The minimum absolute atomic E-state index is 0.0720. The summed E-state index contributed by atoms with van der Waals surface area (Å²) in [6.45, 7) is 8.99. The van der Waals surface area contributed by atoms with Crippen LogP contribution in [0, 0.1) is 11.8 Å². The molecule has 2 rings (SSSR count). The molecule has 0 aromatic carbocycles. The third-order valence-corrected chi connectivity index (χ3v) is 5.33. The molecule has 1 atom stereocenters. The largest absolute Gasteiger partial charge is 0.396 e. The fourth-order valence-corrected chi connectivity index (χ4v) is 4.06. The average molecular weight is 325 g/mol. The van der Waals surface area contributed by atoms with Crippen molar-refractivity contribution in [1.29, 1.82) is 0 Å². The fraction of sp³-hybridized carbons (Fsp3) is 0.944. The van der Waals surface area contributed by atoms with Gasteiger partial charge in [-0.2, -0.15) is 0 Å². The molecule has 0 radical (unpaired) electrons. The van der Waals surface area contributed by atoms with Crippen molar-refractivity contribution in [3.8, 4) is 0 Å². The number of carbonyl (C=O) groups is 1. The van der Waals surface area contributed by atoms with Crippen LogP contribution in [0.3, 0.4) is 0 Å². The molecule has 0 aromatic rings.